The highest BCUT2D eigenvalue weighted by Crippen LogP contribution is 2.23. The topological polar surface area (TPSA) is 26.0 Å². The van der Waals surface area contributed by atoms with Crippen molar-refractivity contribution >= 4 is 11.8 Å². The third kappa shape index (κ3) is 3.72. The summed E-state index contributed by atoms with van der Waals surface area (Å²) in [5, 5.41) is 0. The van der Waals surface area contributed by atoms with Crippen LogP contribution >= 0.6 is 11.8 Å². The first-order chi connectivity index (χ1) is 6.88. The Morgan fingerprint density at radius 1 is 1.29 bits per heavy atom. The van der Waals surface area contributed by atoms with E-state index in [1.54, 1.807) is 0 Å². The van der Waals surface area contributed by atoms with Crippen LogP contribution in [0.4, 0.5) is 0 Å². The molecule has 0 aliphatic heterocycles. The zero-order valence-electron chi connectivity index (χ0n) is 8.83. The molecule has 0 saturated carbocycles. The summed E-state index contributed by atoms with van der Waals surface area (Å²) < 4.78 is 0. The van der Waals surface area contributed by atoms with Crippen molar-refractivity contribution in [1.82, 2.24) is 0 Å². The molecule has 0 radical (unpaired) electrons. The summed E-state index contributed by atoms with van der Waals surface area (Å²) >= 11 is 1.87. The predicted octanol–water partition coefficient (Wildman–Crippen LogP) is 3.08. The van der Waals surface area contributed by atoms with Crippen molar-refractivity contribution in [3.63, 3.8) is 0 Å². The molecule has 0 fully saturated rings. The molecule has 1 aromatic carbocycles. The second-order valence-corrected chi connectivity index (χ2v) is 4.49. The fraction of sp³-hybridized carbons (Fsp3) is 0.500. The summed E-state index contributed by atoms with van der Waals surface area (Å²) in [4.78, 5) is 1.41. The SMILES string of the molecule is CCCCc1ccccc1SCCN. The summed E-state index contributed by atoms with van der Waals surface area (Å²) in [7, 11) is 0. The lowest BCUT2D eigenvalue weighted by atomic mass is 10.1. The van der Waals surface area contributed by atoms with Gasteiger partial charge in [0.1, 0.15) is 0 Å². The van der Waals surface area contributed by atoms with E-state index in [1.165, 1.54) is 29.7 Å². The molecule has 0 saturated heterocycles. The maximum Gasteiger partial charge on any atom is 0.0104 e. The van der Waals surface area contributed by atoms with Crippen LogP contribution in [0.15, 0.2) is 29.2 Å². The Hall–Kier alpha value is -0.470. The molecular weight excluding hydrogens is 190 g/mol. The van der Waals surface area contributed by atoms with Crippen molar-refractivity contribution < 1.29 is 0 Å². The molecule has 2 N–H and O–H groups in total. The summed E-state index contributed by atoms with van der Waals surface area (Å²) in [6.45, 7) is 2.99. The van der Waals surface area contributed by atoms with E-state index in [2.05, 4.69) is 31.2 Å². The van der Waals surface area contributed by atoms with Gasteiger partial charge in [-0.15, -0.1) is 11.8 Å². The highest BCUT2D eigenvalue weighted by atomic mass is 32.2. The highest BCUT2D eigenvalue weighted by Gasteiger charge is 2.00. The summed E-state index contributed by atoms with van der Waals surface area (Å²) in [5.41, 5.74) is 6.99. The minimum absolute atomic E-state index is 0.757. The van der Waals surface area contributed by atoms with Gasteiger partial charge in [0.25, 0.3) is 0 Å². The van der Waals surface area contributed by atoms with Crippen LogP contribution in [-0.2, 0) is 6.42 Å². The Kier molecular flexibility index (Phi) is 5.72. The van der Waals surface area contributed by atoms with Gasteiger partial charge in [0.15, 0.2) is 0 Å². The maximum absolute atomic E-state index is 5.51. The third-order valence-electron chi connectivity index (χ3n) is 2.15. The number of nitrogens with two attached hydrogens (primary N) is 1. The molecule has 78 valence electrons. The molecule has 0 unspecified atom stereocenters. The Labute approximate surface area is 91.1 Å². The van der Waals surface area contributed by atoms with Crippen molar-refractivity contribution in [3.8, 4) is 0 Å². The minimum Gasteiger partial charge on any atom is -0.330 e. The van der Waals surface area contributed by atoms with Gasteiger partial charge in [-0.1, -0.05) is 31.5 Å². The maximum atomic E-state index is 5.51. The monoisotopic (exact) mass is 209 g/mol. The number of hydrogen-bond acceptors (Lipinski definition) is 2. The predicted molar refractivity (Wildman–Crippen MR) is 64.8 cm³/mol. The van der Waals surface area contributed by atoms with Gasteiger partial charge in [-0.05, 0) is 24.5 Å². The van der Waals surface area contributed by atoms with Crippen LogP contribution in [0.2, 0.25) is 0 Å². The standard InChI is InChI=1S/C12H19NS/c1-2-3-6-11-7-4-5-8-12(11)14-10-9-13/h4-5,7-8H,2-3,6,9-10,13H2,1H3. The van der Waals surface area contributed by atoms with Crippen molar-refractivity contribution in [2.24, 2.45) is 5.73 Å². The molecule has 14 heavy (non-hydrogen) atoms. The molecule has 0 aliphatic carbocycles. The normalized spacial score (nSPS) is 10.4. The lowest BCUT2D eigenvalue weighted by molar-refractivity contribution is 0.785. The van der Waals surface area contributed by atoms with Gasteiger partial charge in [-0.3, -0.25) is 0 Å². The van der Waals surface area contributed by atoms with E-state index in [4.69, 9.17) is 5.73 Å². The van der Waals surface area contributed by atoms with E-state index in [0.717, 1.165) is 12.3 Å². The van der Waals surface area contributed by atoms with Crippen molar-refractivity contribution in [1.29, 1.82) is 0 Å². The zero-order chi connectivity index (χ0) is 10.2. The van der Waals surface area contributed by atoms with Crippen LogP contribution in [0.5, 0.6) is 0 Å². The molecule has 1 nitrogen and oxygen atoms in total. The Balaban J connectivity index is 2.60. The van der Waals surface area contributed by atoms with E-state index in [0.29, 0.717) is 0 Å². The molecule has 0 atom stereocenters. The van der Waals surface area contributed by atoms with E-state index in [9.17, 15) is 0 Å². The third-order valence-corrected chi connectivity index (χ3v) is 3.30. The molecule has 0 aromatic heterocycles. The Morgan fingerprint density at radius 3 is 2.79 bits per heavy atom. The molecule has 2 heteroatoms. The lowest BCUT2D eigenvalue weighted by Crippen LogP contribution is -2.01. The summed E-state index contributed by atoms with van der Waals surface area (Å²) in [5.74, 6) is 1.02. The first kappa shape index (κ1) is 11.6. The molecule has 0 amide bonds. The van der Waals surface area contributed by atoms with Gasteiger partial charge in [0.2, 0.25) is 0 Å². The minimum atomic E-state index is 0.757. The van der Waals surface area contributed by atoms with Crippen LogP contribution in [-0.4, -0.2) is 12.3 Å². The molecule has 0 aliphatic rings. The fourth-order valence-corrected chi connectivity index (χ4v) is 2.26. The van der Waals surface area contributed by atoms with Crippen molar-refractivity contribution in [3.05, 3.63) is 29.8 Å². The number of benzene rings is 1. The van der Waals surface area contributed by atoms with Gasteiger partial charge < -0.3 is 5.73 Å². The van der Waals surface area contributed by atoms with Crippen LogP contribution in [0, 0.1) is 0 Å². The van der Waals surface area contributed by atoms with Crippen molar-refractivity contribution in [2.75, 3.05) is 12.3 Å². The smallest absolute Gasteiger partial charge is 0.0104 e. The number of rotatable bonds is 6. The van der Waals surface area contributed by atoms with Crippen LogP contribution in [0.3, 0.4) is 0 Å². The van der Waals surface area contributed by atoms with Crippen LogP contribution in [0.1, 0.15) is 25.3 Å². The summed E-state index contributed by atoms with van der Waals surface area (Å²) in [6.07, 6.45) is 3.74. The highest BCUT2D eigenvalue weighted by molar-refractivity contribution is 7.99. The first-order valence-corrected chi connectivity index (χ1v) is 6.27. The second-order valence-electron chi connectivity index (χ2n) is 3.35. The summed E-state index contributed by atoms with van der Waals surface area (Å²) in [6, 6.07) is 8.66. The number of hydrogen-bond donors (Lipinski definition) is 1. The molecular formula is C12H19NS. The zero-order valence-corrected chi connectivity index (χ0v) is 9.65. The Bertz CT molecular complexity index is 233. The molecule has 0 heterocycles. The lowest BCUT2D eigenvalue weighted by Gasteiger charge is -2.07. The van der Waals surface area contributed by atoms with E-state index >= 15 is 0 Å². The number of thioether (sulfide) groups is 1. The largest absolute Gasteiger partial charge is 0.330 e. The van der Waals surface area contributed by atoms with E-state index in [1.807, 2.05) is 11.8 Å². The molecule has 0 bridgehead atoms. The van der Waals surface area contributed by atoms with Gasteiger partial charge in [0.05, 0.1) is 0 Å². The quantitative estimate of drug-likeness (QED) is 0.729. The average molecular weight is 209 g/mol. The van der Waals surface area contributed by atoms with Crippen LogP contribution < -0.4 is 5.73 Å². The van der Waals surface area contributed by atoms with Gasteiger partial charge in [0, 0.05) is 17.2 Å². The average Bonchev–Trinajstić information content (AvgIpc) is 2.24. The van der Waals surface area contributed by atoms with Gasteiger partial charge >= 0.3 is 0 Å². The second kappa shape index (κ2) is 6.91. The first-order valence-electron chi connectivity index (χ1n) is 5.29. The van der Waals surface area contributed by atoms with E-state index in [-0.39, 0.29) is 0 Å². The van der Waals surface area contributed by atoms with Crippen LogP contribution in [0.25, 0.3) is 0 Å². The number of unbranched alkanes of at least 4 members (excludes halogenated alkanes) is 1. The molecule has 0 spiro atoms. The fourth-order valence-electron chi connectivity index (χ4n) is 1.39. The van der Waals surface area contributed by atoms with Gasteiger partial charge in [-0.2, -0.15) is 0 Å². The Morgan fingerprint density at radius 2 is 2.07 bits per heavy atom. The van der Waals surface area contributed by atoms with Crippen molar-refractivity contribution in [2.45, 2.75) is 31.1 Å². The van der Waals surface area contributed by atoms with E-state index < -0.39 is 0 Å². The van der Waals surface area contributed by atoms with Gasteiger partial charge in [-0.25, -0.2) is 0 Å². The number of aryl methyl sites for hydroxylation is 1. The molecule has 1 aromatic rings. The molecule has 1 rings (SSSR count).